The van der Waals surface area contributed by atoms with Gasteiger partial charge in [0.15, 0.2) is 0 Å². The van der Waals surface area contributed by atoms with E-state index in [4.69, 9.17) is 16.3 Å². The molecule has 2 aromatic rings. The molecule has 3 heterocycles. The SMILES string of the molecule is CCOC(=O)C1CCN(c2nc3c(c(=O)[nH]2)C(C(=O)Nc2ccc(Cl)cc2)CC(=O)N3)CC1. The van der Waals surface area contributed by atoms with Gasteiger partial charge in [0.1, 0.15) is 5.82 Å². The van der Waals surface area contributed by atoms with Gasteiger partial charge >= 0.3 is 5.97 Å². The molecular formula is C22H24ClN5O5. The third-order valence-corrected chi connectivity index (χ3v) is 6.03. The lowest BCUT2D eigenvalue weighted by atomic mass is 9.92. The number of fused-ring (bicyclic) bond motifs is 1. The second-order valence-electron chi connectivity index (χ2n) is 7.97. The second-order valence-corrected chi connectivity index (χ2v) is 8.40. The lowest BCUT2D eigenvalue weighted by Gasteiger charge is -2.32. The number of amides is 2. The van der Waals surface area contributed by atoms with Gasteiger partial charge in [-0.15, -0.1) is 0 Å². The quantitative estimate of drug-likeness (QED) is 0.567. The molecule has 174 valence electrons. The fraction of sp³-hybridized carbons (Fsp3) is 0.409. The zero-order valence-corrected chi connectivity index (χ0v) is 18.8. The Morgan fingerprint density at radius 1 is 1.21 bits per heavy atom. The Bertz CT molecular complexity index is 1120. The summed E-state index contributed by atoms with van der Waals surface area (Å²) in [7, 11) is 0. The monoisotopic (exact) mass is 473 g/mol. The van der Waals surface area contributed by atoms with Crippen molar-refractivity contribution in [1.82, 2.24) is 9.97 Å². The van der Waals surface area contributed by atoms with Crippen LogP contribution in [0, 0.1) is 5.92 Å². The second kappa shape index (κ2) is 9.62. The molecule has 1 unspecified atom stereocenters. The molecule has 1 aromatic carbocycles. The molecule has 1 saturated heterocycles. The first-order chi connectivity index (χ1) is 15.9. The summed E-state index contributed by atoms with van der Waals surface area (Å²) in [5.41, 5.74) is 0.132. The van der Waals surface area contributed by atoms with Crippen LogP contribution in [-0.4, -0.2) is 47.4 Å². The minimum atomic E-state index is -0.982. The lowest BCUT2D eigenvalue weighted by molar-refractivity contribution is -0.148. The highest BCUT2D eigenvalue weighted by molar-refractivity contribution is 6.30. The summed E-state index contributed by atoms with van der Waals surface area (Å²) in [6, 6.07) is 6.53. The summed E-state index contributed by atoms with van der Waals surface area (Å²) in [5, 5.41) is 5.85. The van der Waals surface area contributed by atoms with Crippen LogP contribution in [0.2, 0.25) is 5.02 Å². The molecular weight excluding hydrogens is 450 g/mol. The first kappa shape index (κ1) is 22.8. The minimum absolute atomic E-state index is 0.0776. The third kappa shape index (κ3) is 5.00. The standard InChI is InChI=1S/C22H24ClN5O5/c1-2-33-21(32)12-7-9-28(10-8-12)22-26-18-17(20(31)27-22)15(11-16(29)25-18)19(30)24-14-5-3-13(23)4-6-14/h3-6,12,15H,2,7-11H2,1H3,(H,24,30)(H2,25,26,27,29,31). The molecule has 1 aromatic heterocycles. The van der Waals surface area contributed by atoms with Gasteiger partial charge in [-0.05, 0) is 44.0 Å². The fourth-order valence-electron chi connectivity index (χ4n) is 4.08. The summed E-state index contributed by atoms with van der Waals surface area (Å²) in [4.78, 5) is 59.1. The van der Waals surface area contributed by atoms with Crippen molar-refractivity contribution in [3.8, 4) is 0 Å². The van der Waals surface area contributed by atoms with Crippen LogP contribution in [0.25, 0.3) is 0 Å². The van der Waals surface area contributed by atoms with Crippen molar-refractivity contribution >= 4 is 46.8 Å². The van der Waals surface area contributed by atoms with Crippen molar-refractivity contribution in [3.63, 3.8) is 0 Å². The Kier molecular flexibility index (Phi) is 6.64. The molecule has 0 saturated carbocycles. The highest BCUT2D eigenvalue weighted by Gasteiger charge is 2.36. The first-order valence-corrected chi connectivity index (χ1v) is 11.2. The maximum atomic E-state index is 13.0. The molecule has 0 aliphatic carbocycles. The number of hydrogen-bond acceptors (Lipinski definition) is 7. The predicted octanol–water partition coefficient (Wildman–Crippen LogP) is 2.27. The average Bonchev–Trinajstić information content (AvgIpc) is 2.80. The van der Waals surface area contributed by atoms with E-state index in [1.54, 1.807) is 31.2 Å². The van der Waals surface area contributed by atoms with Crippen LogP contribution >= 0.6 is 11.6 Å². The molecule has 0 bridgehead atoms. The number of carbonyl (C=O) groups excluding carboxylic acids is 3. The Hall–Kier alpha value is -3.40. The number of aromatic nitrogens is 2. The van der Waals surface area contributed by atoms with Crippen LogP contribution in [0.1, 0.15) is 37.7 Å². The van der Waals surface area contributed by atoms with Gasteiger partial charge in [0.25, 0.3) is 5.56 Å². The number of anilines is 3. The Morgan fingerprint density at radius 3 is 2.58 bits per heavy atom. The summed E-state index contributed by atoms with van der Waals surface area (Å²) < 4.78 is 5.09. The van der Waals surface area contributed by atoms with Crippen molar-refractivity contribution in [2.45, 2.75) is 32.1 Å². The normalized spacial score (nSPS) is 18.3. The van der Waals surface area contributed by atoms with Gasteiger partial charge in [-0.1, -0.05) is 11.6 Å². The number of nitrogens with one attached hydrogen (secondary N) is 3. The zero-order valence-electron chi connectivity index (χ0n) is 18.0. The largest absolute Gasteiger partial charge is 0.466 e. The number of nitrogens with zero attached hydrogens (tertiary/aromatic N) is 2. The number of rotatable bonds is 5. The maximum absolute atomic E-state index is 13.0. The van der Waals surface area contributed by atoms with Crippen molar-refractivity contribution in [3.05, 3.63) is 45.2 Å². The Morgan fingerprint density at radius 2 is 1.91 bits per heavy atom. The molecule has 2 aliphatic rings. The van der Waals surface area contributed by atoms with Crippen molar-refractivity contribution in [1.29, 1.82) is 0 Å². The summed E-state index contributed by atoms with van der Waals surface area (Å²) >= 11 is 5.87. The summed E-state index contributed by atoms with van der Waals surface area (Å²) in [6.07, 6.45) is 0.970. The van der Waals surface area contributed by atoms with E-state index in [1.807, 2.05) is 4.90 Å². The lowest BCUT2D eigenvalue weighted by Crippen LogP contribution is -2.41. The molecule has 10 nitrogen and oxygen atoms in total. The highest BCUT2D eigenvalue weighted by Crippen LogP contribution is 2.31. The number of piperidine rings is 1. The number of ether oxygens (including phenoxy) is 1. The van der Waals surface area contributed by atoms with Crippen molar-refractivity contribution < 1.29 is 19.1 Å². The average molecular weight is 474 g/mol. The van der Waals surface area contributed by atoms with Crippen molar-refractivity contribution in [2.24, 2.45) is 5.92 Å². The minimum Gasteiger partial charge on any atom is -0.466 e. The molecule has 4 rings (SSSR count). The molecule has 11 heteroatoms. The summed E-state index contributed by atoms with van der Waals surface area (Å²) in [5.74, 6) is -1.90. The van der Waals surface area contributed by atoms with Gasteiger partial charge in [-0.3, -0.25) is 24.2 Å². The molecule has 0 radical (unpaired) electrons. The van der Waals surface area contributed by atoms with Crippen LogP contribution in [0.5, 0.6) is 0 Å². The smallest absolute Gasteiger partial charge is 0.309 e. The van der Waals surface area contributed by atoms with Crippen LogP contribution in [-0.2, 0) is 19.1 Å². The van der Waals surface area contributed by atoms with E-state index in [-0.39, 0.29) is 29.7 Å². The van der Waals surface area contributed by atoms with E-state index in [2.05, 4.69) is 20.6 Å². The highest BCUT2D eigenvalue weighted by atomic mass is 35.5. The van der Waals surface area contributed by atoms with E-state index in [0.29, 0.717) is 49.2 Å². The molecule has 1 atom stereocenters. The van der Waals surface area contributed by atoms with Crippen LogP contribution < -0.4 is 21.1 Å². The van der Waals surface area contributed by atoms with E-state index < -0.39 is 23.3 Å². The number of esters is 1. The van der Waals surface area contributed by atoms with Gasteiger partial charge in [-0.2, -0.15) is 4.98 Å². The number of halogens is 1. The first-order valence-electron chi connectivity index (χ1n) is 10.8. The van der Waals surface area contributed by atoms with Gasteiger partial charge in [0.05, 0.1) is 24.0 Å². The van der Waals surface area contributed by atoms with E-state index >= 15 is 0 Å². The summed E-state index contributed by atoms with van der Waals surface area (Å²) in [6.45, 7) is 3.11. The third-order valence-electron chi connectivity index (χ3n) is 5.78. The zero-order chi connectivity index (χ0) is 23.5. The van der Waals surface area contributed by atoms with Gasteiger partial charge in [-0.25, -0.2) is 0 Å². The fourth-order valence-corrected chi connectivity index (χ4v) is 4.21. The molecule has 2 amide bonds. The number of hydrogen-bond donors (Lipinski definition) is 3. The molecule has 33 heavy (non-hydrogen) atoms. The van der Waals surface area contributed by atoms with Crippen LogP contribution in [0.3, 0.4) is 0 Å². The number of H-pyrrole nitrogens is 1. The number of benzene rings is 1. The van der Waals surface area contributed by atoms with Crippen LogP contribution in [0.4, 0.5) is 17.5 Å². The van der Waals surface area contributed by atoms with Crippen molar-refractivity contribution in [2.75, 3.05) is 35.2 Å². The molecule has 2 aliphatic heterocycles. The number of carbonyl (C=O) groups is 3. The topological polar surface area (TPSA) is 133 Å². The van der Waals surface area contributed by atoms with Gasteiger partial charge in [0.2, 0.25) is 17.8 Å². The van der Waals surface area contributed by atoms with Gasteiger partial charge in [0, 0.05) is 30.2 Å². The Labute approximate surface area is 194 Å². The van der Waals surface area contributed by atoms with Crippen LogP contribution in [0.15, 0.2) is 29.1 Å². The Balaban J connectivity index is 1.53. The number of aromatic amines is 1. The maximum Gasteiger partial charge on any atom is 0.309 e. The molecule has 3 N–H and O–H groups in total. The van der Waals surface area contributed by atoms with E-state index in [1.165, 1.54) is 0 Å². The molecule has 1 fully saturated rings. The predicted molar refractivity (Wildman–Crippen MR) is 122 cm³/mol. The van der Waals surface area contributed by atoms with E-state index in [0.717, 1.165) is 0 Å². The van der Waals surface area contributed by atoms with E-state index in [9.17, 15) is 19.2 Å². The molecule has 0 spiro atoms. The van der Waals surface area contributed by atoms with Gasteiger partial charge < -0.3 is 20.3 Å².